The van der Waals surface area contributed by atoms with Crippen molar-refractivity contribution in [3.63, 3.8) is 0 Å². The van der Waals surface area contributed by atoms with E-state index in [2.05, 4.69) is 20.8 Å². The Labute approximate surface area is 226 Å². The lowest BCUT2D eigenvalue weighted by Crippen LogP contribution is -2.45. The smallest absolute Gasteiger partial charge is 0.339 e. The van der Waals surface area contributed by atoms with E-state index in [9.17, 15) is 19.5 Å². The Balaban J connectivity index is 5.03. The Morgan fingerprint density at radius 2 is 0.919 bits per heavy atom. The Kier molecular flexibility index (Phi) is 20.4. The molecule has 0 radical (unpaired) electrons. The number of rotatable bonds is 23. The van der Waals surface area contributed by atoms with Crippen molar-refractivity contribution in [2.24, 2.45) is 17.8 Å². The summed E-state index contributed by atoms with van der Waals surface area (Å²) in [6.07, 6.45) is 11.3. The van der Waals surface area contributed by atoms with Gasteiger partial charge in [0.15, 0.2) is 5.60 Å². The van der Waals surface area contributed by atoms with Crippen LogP contribution in [-0.4, -0.2) is 48.4 Å². The second kappa shape index (κ2) is 21.3. The van der Waals surface area contributed by atoms with Crippen LogP contribution in [0.5, 0.6) is 0 Å². The number of aliphatic hydroxyl groups is 1. The lowest BCUT2D eigenvalue weighted by molar-refractivity contribution is -0.179. The number of unbranched alkanes of at least 4 members (excludes halogenated alkanes) is 6. The van der Waals surface area contributed by atoms with Crippen molar-refractivity contribution in [1.29, 1.82) is 0 Å². The maximum Gasteiger partial charge on any atom is 0.339 e. The molecule has 3 unspecified atom stereocenters. The van der Waals surface area contributed by atoms with Crippen molar-refractivity contribution in [2.75, 3.05) is 19.8 Å². The fraction of sp³-hybridized carbons (Fsp3) is 0.900. The van der Waals surface area contributed by atoms with Gasteiger partial charge in [-0.3, -0.25) is 9.59 Å². The number of hydrogen-bond donors (Lipinski definition) is 1. The van der Waals surface area contributed by atoms with Gasteiger partial charge >= 0.3 is 17.9 Å². The molecular weight excluding hydrogens is 472 g/mol. The van der Waals surface area contributed by atoms with Gasteiger partial charge in [0.2, 0.25) is 0 Å². The Hall–Kier alpha value is -1.63. The minimum Gasteiger partial charge on any atom is -0.465 e. The molecule has 0 aliphatic rings. The van der Waals surface area contributed by atoms with Crippen molar-refractivity contribution in [1.82, 2.24) is 0 Å². The molecule has 0 saturated carbocycles. The third kappa shape index (κ3) is 18.3. The molecule has 0 amide bonds. The van der Waals surface area contributed by atoms with Crippen LogP contribution >= 0.6 is 0 Å². The molecule has 0 aliphatic carbocycles. The SMILES string of the molecule is CCCCCC(C)COC(=O)CC(O)(CC(=O)OCC(C)CCCCC)C(=O)OCC(C)CCCCC. The monoisotopic (exact) mass is 528 g/mol. The average molecular weight is 529 g/mol. The molecule has 1 N–H and O–H groups in total. The maximum absolute atomic E-state index is 12.9. The van der Waals surface area contributed by atoms with Crippen LogP contribution in [0.15, 0.2) is 0 Å². The quantitative estimate of drug-likeness (QED) is 0.0886. The first-order chi connectivity index (χ1) is 17.6. The fourth-order valence-corrected chi connectivity index (χ4v) is 4.09. The Morgan fingerprint density at radius 3 is 1.24 bits per heavy atom. The van der Waals surface area contributed by atoms with E-state index in [1.165, 1.54) is 0 Å². The number of esters is 3. The van der Waals surface area contributed by atoms with Crippen molar-refractivity contribution in [3.8, 4) is 0 Å². The zero-order valence-corrected chi connectivity index (χ0v) is 24.6. The summed E-state index contributed by atoms with van der Waals surface area (Å²) >= 11 is 0. The number of ether oxygens (including phenoxy) is 3. The maximum atomic E-state index is 12.9. The van der Waals surface area contributed by atoms with Crippen LogP contribution in [0.25, 0.3) is 0 Å². The number of carbonyl (C=O) groups is 3. The van der Waals surface area contributed by atoms with Crippen LogP contribution in [0.3, 0.4) is 0 Å². The molecule has 0 aromatic carbocycles. The summed E-state index contributed by atoms with van der Waals surface area (Å²) in [6.45, 7) is 12.9. The van der Waals surface area contributed by atoms with E-state index in [0.29, 0.717) is 0 Å². The molecule has 37 heavy (non-hydrogen) atoms. The predicted octanol–water partition coefficient (Wildman–Crippen LogP) is 6.78. The highest BCUT2D eigenvalue weighted by Gasteiger charge is 2.43. The van der Waals surface area contributed by atoms with Gasteiger partial charge in [-0.15, -0.1) is 0 Å². The molecule has 7 heteroatoms. The van der Waals surface area contributed by atoms with Crippen molar-refractivity contribution < 1.29 is 33.7 Å². The standard InChI is InChI=1S/C30H56O7/c1-7-10-13-16-24(4)21-35-27(31)19-30(34,29(33)37-23-26(6)18-15-12-9-3)20-28(32)36-22-25(5)17-14-11-8-2/h24-26,34H,7-23H2,1-6H3. The topological polar surface area (TPSA) is 99.1 Å². The summed E-state index contributed by atoms with van der Waals surface area (Å²) in [7, 11) is 0. The van der Waals surface area contributed by atoms with Crippen LogP contribution in [0, 0.1) is 17.8 Å². The lowest BCUT2D eigenvalue weighted by Gasteiger charge is -2.26. The molecule has 0 aromatic rings. The van der Waals surface area contributed by atoms with Gasteiger partial charge in [0.1, 0.15) is 0 Å². The van der Waals surface area contributed by atoms with Gasteiger partial charge in [-0.1, -0.05) is 99.3 Å². The van der Waals surface area contributed by atoms with Gasteiger partial charge in [0.25, 0.3) is 0 Å². The van der Waals surface area contributed by atoms with E-state index < -0.39 is 36.4 Å². The lowest BCUT2D eigenvalue weighted by atomic mass is 9.95. The molecule has 0 heterocycles. The van der Waals surface area contributed by atoms with Crippen LogP contribution < -0.4 is 0 Å². The van der Waals surface area contributed by atoms with Gasteiger partial charge in [-0.2, -0.15) is 0 Å². The summed E-state index contributed by atoms with van der Waals surface area (Å²) in [4.78, 5) is 38.0. The van der Waals surface area contributed by atoms with Gasteiger partial charge in [0.05, 0.1) is 32.7 Å². The van der Waals surface area contributed by atoms with Gasteiger partial charge in [-0.05, 0) is 37.0 Å². The molecule has 0 aromatic heterocycles. The van der Waals surface area contributed by atoms with Crippen LogP contribution in [0.4, 0.5) is 0 Å². The molecule has 0 aliphatic heterocycles. The Morgan fingerprint density at radius 1 is 0.595 bits per heavy atom. The van der Waals surface area contributed by atoms with Crippen molar-refractivity contribution in [2.45, 2.75) is 137 Å². The van der Waals surface area contributed by atoms with Gasteiger partial charge < -0.3 is 19.3 Å². The summed E-state index contributed by atoms with van der Waals surface area (Å²) in [5.41, 5.74) is -2.31. The zero-order chi connectivity index (χ0) is 28.1. The molecule has 0 fully saturated rings. The predicted molar refractivity (Wildman–Crippen MR) is 147 cm³/mol. The highest BCUT2D eigenvalue weighted by molar-refractivity contribution is 5.90. The molecule has 0 saturated heterocycles. The average Bonchev–Trinajstić information content (AvgIpc) is 2.85. The highest BCUT2D eigenvalue weighted by Crippen LogP contribution is 2.22. The minimum absolute atomic E-state index is 0.117. The van der Waals surface area contributed by atoms with Crippen LogP contribution in [0.1, 0.15) is 131 Å². The molecule has 0 spiro atoms. The zero-order valence-electron chi connectivity index (χ0n) is 24.6. The largest absolute Gasteiger partial charge is 0.465 e. The fourth-order valence-electron chi connectivity index (χ4n) is 4.09. The summed E-state index contributed by atoms with van der Waals surface area (Å²) in [5.74, 6) is -1.95. The molecule has 218 valence electrons. The molecule has 7 nitrogen and oxygen atoms in total. The molecule has 3 atom stereocenters. The first-order valence-corrected chi connectivity index (χ1v) is 14.8. The molecular formula is C30H56O7. The van der Waals surface area contributed by atoms with Crippen molar-refractivity contribution >= 4 is 17.9 Å². The number of carbonyl (C=O) groups excluding carboxylic acids is 3. The van der Waals surface area contributed by atoms with E-state index in [-0.39, 0.29) is 37.6 Å². The van der Waals surface area contributed by atoms with E-state index in [1.54, 1.807) is 0 Å². The summed E-state index contributed by atoms with van der Waals surface area (Å²) in [6, 6.07) is 0. The van der Waals surface area contributed by atoms with E-state index in [1.807, 2.05) is 20.8 Å². The normalized spacial score (nSPS) is 15.3. The van der Waals surface area contributed by atoms with E-state index in [4.69, 9.17) is 14.2 Å². The Bertz CT molecular complexity index is 585. The minimum atomic E-state index is -2.31. The van der Waals surface area contributed by atoms with Crippen LogP contribution in [-0.2, 0) is 28.6 Å². The van der Waals surface area contributed by atoms with Crippen LogP contribution in [0.2, 0.25) is 0 Å². The van der Waals surface area contributed by atoms with Crippen molar-refractivity contribution in [3.05, 3.63) is 0 Å². The summed E-state index contributed by atoms with van der Waals surface area (Å²) < 4.78 is 16.1. The van der Waals surface area contributed by atoms with Gasteiger partial charge in [0, 0.05) is 0 Å². The van der Waals surface area contributed by atoms with Gasteiger partial charge in [-0.25, -0.2) is 4.79 Å². The third-order valence-corrected chi connectivity index (χ3v) is 6.71. The molecule has 0 bridgehead atoms. The first kappa shape index (κ1) is 35.4. The highest BCUT2D eigenvalue weighted by atomic mass is 16.6. The summed E-state index contributed by atoms with van der Waals surface area (Å²) in [5, 5.41) is 11.1. The second-order valence-electron chi connectivity index (χ2n) is 11.2. The third-order valence-electron chi connectivity index (χ3n) is 6.71. The van der Waals surface area contributed by atoms with E-state index >= 15 is 0 Å². The first-order valence-electron chi connectivity index (χ1n) is 14.8. The second-order valence-corrected chi connectivity index (χ2v) is 11.2. The number of hydrogen-bond acceptors (Lipinski definition) is 7. The molecule has 0 rings (SSSR count). The van der Waals surface area contributed by atoms with E-state index in [0.717, 1.165) is 77.0 Å².